The van der Waals surface area contributed by atoms with Crippen LogP contribution < -0.4 is 0 Å². The van der Waals surface area contributed by atoms with Gasteiger partial charge in [0.2, 0.25) is 0 Å². The molecule has 2 aromatic rings. The van der Waals surface area contributed by atoms with Crippen LogP contribution in [0.2, 0.25) is 0 Å². The number of benzene rings is 1. The molecule has 1 aromatic heterocycles. The zero-order valence-corrected chi connectivity index (χ0v) is 8.47. The number of fused-ring (bicyclic) bond motifs is 1. The second-order valence-corrected chi connectivity index (χ2v) is 3.50. The first-order valence-corrected chi connectivity index (χ1v) is 4.56. The minimum absolute atomic E-state index is 0.144. The number of nitrogens with zero attached hydrogens (tertiary/aromatic N) is 1. The zero-order chi connectivity index (χ0) is 11.9. The Hall–Kier alpha value is -2.30. The predicted molar refractivity (Wildman–Crippen MR) is 56.8 cm³/mol. The Labute approximate surface area is 90.5 Å². The van der Waals surface area contributed by atoms with Crippen molar-refractivity contribution < 1.29 is 19.8 Å². The van der Waals surface area contributed by atoms with E-state index in [4.69, 9.17) is 10.2 Å². The van der Waals surface area contributed by atoms with Crippen molar-refractivity contribution in [3.05, 3.63) is 35.5 Å². The van der Waals surface area contributed by atoms with Crippen molar-refractivity contribution >= 4 is 22.8 Å². The SMILES string of the molecule is Cn1cc(C(=O)O)c2ccc(C(=O)O)cc21. The zero-order valence-electron chi connectivity index (χ0n) is 8.47. The summed E-state index contributed by atoms with van der Waals surface area (Å²) < 4.78 is 1.60. The van der Waals surface area contributed by atoms with Crippen LogP contribution in [0.15, 0.2) is 24.4 Å². The van der Waals surface area contributed by atoms with Crippen LogP contribution in [0.4, 0.5) is 0 Å². The van der Waals surface area contributed by atoms with Crippen LogP contribution in [-0.4, -0.2) is 26.7 Å². The Bertz CT molecular complexity index is 597. The lowest BCUT2D eigenvalue weighted by Gasteiger charge is -1.98. The third kappa shape index (κ3) is 1.42. The van der Waals surface area contributed by atoms with Crippen molar-refractivity contribution in [3.63, 3.8) is 0 Å². The number of carboxylic acids is 2. The first-order valence-electron chi connectivity index (χ1n) is 4.56. The van der Waals surface area contributed by atoms with Crippen molar-refractivity contribution in [2.75, 3.05) is 0 Å². The van der Waals surface area contributed by atoms with E-state index in [1.165, 1.54) is 24.4 Å². The number of hydrogen-bond donors (Lipinski definition) is 2. The number of aromatic nitrogens is 1. The highest BCUT2D eigenvalue weighted by Gasteiger charge is 2.14. The summed E-state index contributed by atoms with van der Waals surface area (Å²) in [5.41, 5.74) is 0.914. The van der Waals surface area contributed by atoms with Gasteiger partial charge < -0.3 is 14.8 Å². The van der Waals surface area contributed by atoms with Crippen molar-refractivity contribution in [2.45, 2.75) is 0 Å². The van der Waals surface area contributed by atoms with Crippen molar-refractivity contribution in [3.8, 4) is 0 Å². The predicted octanol–water partition coefficient (Wildman–Crippen LogP) is 1.57. The number of hydrogen-bond acceptors (Lipinski definition) is 2. The Morgan fingerprint density at radius 2 is 1.88 bits per heavy atom. The molecule has 0 amide bonds. The monoisotopic (exact) mass is 219 g/mol. The summed E-state index contributed by atoms with van der Waals surface area (Å²) >= 11 is 0. The normalized spacial score (nSPS) is 10.6. The summed E-state index contributed by atoms with van der Waals surface area (Å²) in [6.45, 7) is 0. The minimum Gasteiger partial charge on any atom is -0.478 e. The first kappa shape index (κ1) is 10.2. The van der Waals surface area contributed by atoms with Crippen LogP contribution in [0.5, 0.6) is 0 Å². The van der Waals surface area contributed by atoms with Crippen molar-refractivity contribution in [1.29, 1.82) is 0 Å². The van der Waals surface area contributed by atoms with Gasteiger partial charge in [-0.15, -0.1) is 0 Å². The maximum Gasteiger partial charge on any atom is 0.337 e. The lowest BCUT2D eigenvalue weighted by Crippen LogP contribution is -1.96. The van der Waals surface area contributed by atoms with Gasteiger partial charge in [-0.1, -0.05) is 6.07 Å². The van der Waals surface area contributed by atoms with Gasteiger partial charge in [0, 0.05) is 24.1 Å². The van der Waals surface area contributed by atoms with Gasteiger partial charge in [0.15, 0.2) is 0 Å². The van der Waals surface area contributed by atoms with Crippen LogP contribution in [0.25, 0.3) is 10.9 Å². The van der Waals surface area contributed by atoms with E-state index >= 15 is 0 Å². The van der Waals surface area contributed by atoms with Gasteiger partial charge in [0.25, 0.3) is 0 Å². The van der Waals surface area contributed by atoms with E-state index in [-0.39, 0.29) is 11.1 Å². The molecular weight excluding hydrogens is 210 g/mol. The average molecular weight is 219 g/mol. The molecule has 0 atom stereocenters. The van der Waals surface area contributed by atoms with E-state index in [0.717, 1.165) is 0 Å². The third-order valence-corrected chi connectivity index (χ3v) is 2.47. The van der Waals surface area contributed by atoms with Crippen LogP contribution in [-0.2, 0) is 7.05 Å². The Kier molecular flexibility index (Phi) is 2.16. The lowest BCUT2D eigenvalue weighted by atomic mass is 10.1. The first-order chi connectivity index (χ1) is 7.50. The molecule has 0 saturated carbocycles. The van der Waals surface area contributed by atoms with E-state index in [9.17, 15) is 9.59 Å². The summed E-state index contributed by atoms with van der Waals surface area (Å²) in [6, 6.07) is 4.38. The van der Waals surface area contributed by atoms with E-state index in [1.54, 1.807) is 11.6 Å². The number of carbonyl (C=O) groups is 2. The maximum atomic E-state index is 10.9. The highest BCUT2D eigenvalue weighted by Crippen LogP contribution is 2.22. The molecule has 16 heavy (non-hydrogen) atoms. The third-order valence-electron chi connectivity index (χ3n) is 2.47. The second-order valence-electron chi connectivity index (χ2n) is 3.50. The molecule has 0 fully saturated rings. The largest absolute Gasteiger partial charge is 0.478 e. The van der Waals surface area contributed by atoms with Crippen LogP contribution in [0, 0.1) is 0 Å². The second kappa shape index (κ2) is 3.37. The van der Waals surface area contributed by atoms with Crippen LogP contribution >= 0.6 is 0 Å². The van der Waals surface area contributed by atoms with E-state index in [0.29, 0.717) is 10.9 Å². The molecule has 0 radical (unpaired) electrons. The molecule has 0 saturated heterocycles. The van der Waals surface area contributed by atoms with Crippen molar-refractivity contribution in [2.24, 2.45) is 7.05 Å². The molecule has 0 aliphatic heterocycles. The summed E-state index contributed by atoms with van der Waals surface area (Å²) in [4.78, 5) is 21.7. The topological polar surface area (TPSA) is 79.5 Å². The molecule has 0 bridgehead atoms. The molecule has 0 aliphatic carbocycles. The van der Waals surface area contributed by atoms with Crippen LogP contribution in [0.1, 0.15) is 20.7 Å². The molecule has 0 aliphatic rings. The highest BCUT2D eigenvalue weighted by molar-refractivity contribution is 6.05. The Balaban J connectivity index is 2.76. The van der Waals surface area contributed by atoms with E-state index in [1.807, 2.05) is 0 Å². The molecule has 1 heterocycles. The summed E-state index contributed by atoms with van der Waals surface area (Å²) in [5.74, 6) is -2.05. The van der Waals surface area contributed by atoms with Crippen molar-refractivity contribution in [1.82, 2.24) is 4.57 Å². The van der Waals surface area contributed by atoms with Gasteiger partial charge in [-0.3, -0.25) is 0 Å². The summed E-state index contributed by atoms with van der Waals surface area (Å²) in [5, 5.41) is 18.3. The quantitative estimate of drug-likeness (QED) is 0.803. The number of aromatic carboxylic acids is 2. The van der Waals surface area contributed by atoms with Gasteiger partial charge in [-0.25, -0.2) is 9.59 Å². The number of aryl methyl sites for hydroxylation is 1. The molecule has 5 nitrogen and oxygen atoms in total. The fourth-order valence-corrected chi connectivity index (χ4v) is 1.69. The number of carboxylic acid groups (broad SMARTS) is 2. The average Bonchev–Trinajstić information content (AvgIpc) is 2.56. The molecular formula is C11H9NO4. The lowest BCUT2D eigenvalue weighted by molar-refractivity contribution is 0.0687. The standard InChI is InChI=1S/C11H9NO4/c1-12-5-8(11(15)16)7-3-2-6(10(13)14)4-9(7)12/h2-5H,1H3,(H,13,14)(H,15,16). The summed E-state index contributed by atoms with van der Waals surface area (Å²) in [6.07, 6.45) is 1.47. The minimum atomic E-state index is -1.03. The molecule has 5 heteroatoms. The van der Waals surface area contributed by atoms with Gasteiger partial charge in [0.1, 0.15) is 0 Å². The number of rotatable bonds is 2. The highest BCUT2D eigenvalue weighted by atomic mass is 16.4. The molecule has 2 N–H and O–H groups in total. The Morgan fingerprint density at radius 3 is 2.44 bits per heavy atom. The fraction of sp³-hybridized carbons (Fsp3) is 0.0909. The molecule has 2 rings (SSSR count). The molecule has 82 valence electrons. The van der Waals surface area contributed by atoms with Gasteiger partial charge in [-0.05, 0) is 12.1 Å². The van der Waals surface area contributed by atoms with Gasteiger partial charge >= 0.3 is 11.9 Å². The van der Waals surface area contributed by atoms with Gasteiger partial charge in [-0.2, -0.15) is 0 Å². The van der Waals surface area contributed by atoms with E-state index in [2.05, 4.69) is 0 Å². The van der Waals surface area contributed by atoms with E-state index < -0.39 is 11.9 Å². The smallest absolute Gasteiger partial charge is 0.337 e. The van der Waals surface area contributed by atoms with Crippen LogP contribution in [0.3, 0.4) is 0 Å². The van der Waals surface area contributed by atoms with Gasteiger partial charge in [0.05, 0.1) is 11.1 Å². The molecule has 0 unspecified atom stereocenters. The fourth-order valence-electron chi connectivity index (χ4n) is 1.69. The molecule has 0 spiro atoms. The Morgan fingerprint density at radius 1 is 1.19 bits per heavy atom. The summed E-state index contributed by atoms with van der Waals surface area (Å²) in [7, 11) is 1.68. The molecule has 1 aromatic carbocycles. The maximum absolute atomic E-state index is 10.9.